The molecule has 1 atom stereocenters. The number of benzene rings is 2. The van der Waals surface area contributed by atoms with Crippen LogP contribution < -0.4 is 15.6 Å². The minimum atomic E-state index is -0.0857. The number of hydrazine groups is 1. The van der Waals surface area contributed by atoms with Gasteiger partial charge in [-0.3, -0.25) is 0 Å². The summed E-state index contributed by atoms with van der Waals surface area (Å²) in [4.78, 5) is 0. The van der Waals surface area contributed by atoms with Gasteiger partial charge in [-0.1, -0.05) is 30.3 Å². The van der Waals surface area contributed by atoms with Gasteiger partial charge in [-0.15, -0.1) is 0 Å². The Morgan fingerprint density at radius 1 is 1.00 bits per heavy atom. The van der Waals surface area contributed by atoms with E-state index in [0.717, 1.165) is 37.4 Å². The van der Waals surface area contributed by atoms with E-state index in [-0.39, 0.29) is 6.29 Å². The fraction of sp³-hybridized carbons (Fsp3) is 0.333. The maximum absolute atomic E-state index is 5.83. The third-order valence-electron chi connectivity index (χ3n) is 3.63. The van der Waals surface area contributed by atoms with Crippen molar-refractivity contribution in [1.29, 1.82) is 0 Å². The molecular formula is C18H22N2O2. The van der Waals surface area contributed by atoms with Crippen LogP contribution in [0.3, 0.4) is 0 Å². The van der Waals surface area contributed by atoms with Gasteiger partial charge in [0.1, 0.15) is 5.75 Å². The predicted molar refractivity (Wildman–Crippen MR) is 87.6 cm³/mol. The van der Waals surface area contributed by atoms with Crippen LogP contribution in [-0.4, -0.2) is 12.9 Å². The summed E-state index contributed by atoms with van der Waals surface area (Å²) in [5.41, 5.74) is 8.62. The molecule has 2 N–H and O–H groups in total. The zero-order chi connectivity index (χ0) is 15.0. The number of ether oxygens (including phenoxy) is 2. The highest BCUT2D eigenvalue weighted by molar-refractivity contribution is 5.41. The Bertz CT molecular complexity index is 551. The standard InChI is InChI=1S/C18H22N2O2/c1-2-6-16(7-3-1)20-19-14-15-9-11-17(12-10-15)22-18-8-4-5-13-21-18/h1-3,6-7,9-12,18-20H,4-5,8,13-14H2. The molecule has 2 aromatic carbocycles. The van der Waals surface area contributed by atoms with Crippen molar-refractivity contribution in [2.75, 3.05) is 12.0 Å². The molecule has 0 aliphatic carbocycles. The second-order valence-corrected chi connectivity index (χ2v) is 5.40. The van der Waals surface area contributed by atoms with E-state index in [1.165, 1.54) is 12.0 Å². The molecule has 0 spiro atoms. The van der Waals surface area contributed by atoms with Gasteiger partial charge in [0.15, 0.2) is 6.29 Å². The Hall–Kier alpha value is -2.04. The molecule has 0 saturated carbocycles. The van der Waals surface area contributed by atoms with Crippen LogP contribution in [0.15, 0.2) is 54.6 Å². The lowest BCUT2D eigenvalue weighted by molar-refractivity contribution is -0.105. The molecule has 1 aliphatic rings. The van der Waals surface area contributed by atoms with E-state index in [4.69, 9.17) is 9.47 Å². The maximum atomic E-state index is 5.83. The van der Waals surface area contributed by atoms with Crippen molar-refractivity contribution < 1.29 is 9.47 Å². The summed E-state index contributed by atoms with van der Waals surface area (Å²) >= 11 is 0. The normalized spacial score (nSPS) is 17.9. The highest BCUT2D eigenvalue weighted by atomic mass is 16.7. The Morgan fingerprint density at radius 3 is 2.55 bits per heavy atom. The van der Waals surface area contributed by atoms with Crippen molar-refractivity contribution in [1.82, 2.24) is 5.43 Å². The van der Waals surface area contributed by atoms with Gasteiger partial charge >= 0.3 is 0 Å². The van der Waals surface area contributed by atoms with Gasteiger partial charge in [0.25, 0.3) is 0 Å². The van der Waals surface area contributed by atoms with E-state index in [9.17, 15) is 0 Å². The van der Waals surface area contributed by atoms with Gasteiger partial charge in [0, 0.05) is 18.7 Å². The summed E-state index contributed by atoms with van der Waals surface area (Å²) < 4.78 is 11.4. The summed E-state index contributed by atoms with van der Waals surface area (Å²) in [7, 11) is 0. The Balaban J connectivity index is 1.44. The van der Waals surface area contributed by atoms with Crippen molar-refractivity contribution in [2.24, 2.45) is 0 Å². The van der Waals surface area contributed by atoms with Gasteiger partial charge < -0.3 is 14.9 Å². The largest absolute Gasteiger partial charge is 0.465 e. The van der Waals surface area contributed by atoms with Crippen molar-refractivity contribution in [3.05, 3.63) is 60.2 Å². The lowest BCUT2D eigenvalue weighted by Gasteiger charge is -2.23. The van der Waals surface area contributed by atoms with Crippen LogP contribution in [0.4, 0.5) is 5.69 Å². The lowest BCUT2D eigenvalue weighted by atomic mass is 10.2. The molecule has 1 aliphatic heterocycles. The Kier molecular flexibility index (Phi) is 5.29. The van der Waals surface area contributed by atoms with Crippen molar-refractivity contribution in [2.45, 2.75) is 32.1 Å². The predicted octanol–water partition coefficient (Wildman–Crippen LogP) is 3.71. The smallest absolute Gasteiger partial charge is 0.199 e. The first-order valence-electron chi connectivity index (χ1n) is 7.81. The van der Waals surface area contributed by atoms with E-state index >= 15 is 0 Å². The van der Waals surface area contributed by atoms with Gasteiger partial charge in [-0.25, -0.2) is 5.43 Å². The third kappa shape index (κ3) is 4.48. The first kappa shape index (κ1) is 14.9. The summed E-state index contributed by atoms with van der Waals surface area (Å²) in [6, 6.07) is 18.2. The van der Waals surface area contributed by atoms with Crippen LogP contribution in [0.5, 0.6) is 5.75 Å². The van der Waals surface area contributed by atoms with Gasteiger partial charge in [0.2, 0.25) is 0 Å². The van der Waals surface area contributed by atoms with Crippen molar-refractivity contribution >= 4 is 5.69 Å². The molecule has 116 valence electrons. The fourth-order valence-electron chi connectivity index (χ4n) is 2.41. The van der Waals surface area contributed by atoms with Crippen LogP contribution in [0.1, 0.15) is 24.8 Å². The Labute approximate surface area is 131 Å². The van der Waals surface area contributed by atoms with Gasteiger partial charge in [0.05, 0.1) is 6.61 Å². The molecular weight excluding hydrogens is 276 g/mol. The van der Waals surface area contributed by atoms with Crippen molar-refractivity contribution in [3.8, 4) is 5.75 Å². The number of nitrogens with one attached hydrogen (secondary N) is 2. The number of rotatable bonds is 6. The fourth-order valence-corrected chi connectivity index (χ4v) is 2.41. The number of para-hydroxylation sites is 1. The summed E-state index contributed by atoms with van der Waals surface area (Å²) in [5, 5.41) is 0. The van der Waals surface area contributed by atoms with E-state index < -0.39 is 0 Å². The topological polar surface area (TPSA) is 42.5 Å². The zero-order valence-corrected chi connectivity index (χ0v) is 12.6. The molecule has 2 aromatic rings. The third-order valence-corrected chi connectivity index (χ3v) is 3.63. The van der Waals surface area contributed by atoms with E-state index in [1.54, 1.807) is 0 Å². The molecule has 1 saturated heterocycles. The molecule has 0 aromatic heterocycles. The first-order chi connectivity index (χ1) is 10.9. The van der Waals surface area contributed by atoms with Crippen LogP contribution in [0.25, 0.3) is 0 Å². The second kappa shape index (κ2) is 7.82. The summed E-state index contributed by atoms with van der Waals surface area (Å²) in [6.45, 7) is 1.55. The van der Waals surface area contributed by atoms with Crippen LogP contribution in [0, 0.1) is 0 Å². The molecule has 4 heteroatoms. The minimum Gasteiger partial charge on any atom is -0.465 e. The molecule has 1 heterocycles. The summed E-state index contributed by atoms with van der Waals surface area (Å²) in [5.74, 6) is 0.867. The highest BCUT2D eigenvalue weighted by Gasteiger charge is 2.14. The number of hydrogen-bond donors (Lipinski definition) is 2. The quantitative estimate of drug-likeness (QED) is 0.798. The highest BCUT2D eigenvalue weighted by Crippen LogP contribution is 2.19. The first-order valence-corrected chi connectivity index (χ1v) is 7.81. The SMILES string of the molecule is c1ccc(NNCc2ccc(OC3CCCCO3)cc2)cc1. The van der Waals surface area contributed by atoms with Crippen molar-refractivity contribution in [3.63, 3.8) is 0 Å². The molecule has 0 bridgehead atoms. The summed E-state index contributed by atoms with van der Waals surface area (Å²) in [6.07, 6.45) is 3.21. The molecule has 1 unspecified atom stereocenters. The second-order valence-electron chi connectivity index (χ2n) is 5.40. The lowest BCUT2D eigenvalue weighted by Crippen LogP contribution is -2.25. The monoisotopic (exact) mass is 298 g/mol. The molecule has 3 rings (SSSR count). The molecule has 4 nitrogen and oxygen atoms in total. The van der Waals surface area contributed by atoms with E-state index in [2.05, 4.69) is 23.0 Å². The van der Waals surface area contributed by atoms with Gasteiger partial charge in [-0.05, 0) is 42.7 Å². The average molecular weight is 298 g/mol. The molecule has 0 radical (unpaired) electrons. The number of anilines is 1. The van der Waals surface area contributed by atoms with E-state index in [1.807, 2.05) is 42.5 Å². The Morgan fingerprint density at radius 2 is 1.82 bits per heavy atom. The molecule has 0 amide bonds. The number of hydrogen-bond acceptors (Lipinski definition) is 4. The van der Waals surface area contributed by atoms with Crippen LogP contribution in [0.2, 0.25) is 0 Å². The van der Waals surface area contributed by atoms with Crippen LogP contribution >= 0.6 is 0 Å². The van der Waals surface area contributed by atoms with Gasteiger partial charge in [-0.2, -0.15) is 0 Å². The maximum Gasteiger partial charge on any atom is 0.199 e. The molecule has 1 fully saturated rings. The van der Waals surface area contributed by atoms with Crippen LogP contribution in [-0.2, 0) is 11.3 Å². The van der Waals surface area contributed by atoms with E-state index in [0.29, 0.717) is 0 Å². The zero-order valence-electron chi connectivity index (χ0n) is 12.6. The minimum absolute atomic E-state index is 0.0857. The molecule has 22 heavy (non-hydrogen) atoms. The average Bonchev–Trinajstić information content (AvgIpc) is 2.58.